The molecule has 37 heavy (non-hydrogen) atoms. The van der Waals surface area contributed by atoms with E-state index in [0.29, 0.717) is 61.0 Å². The number of phenolic OH excluding ortho intramolecular Hbond substituents is 1. The normalized spacial score (nSPS) is 29.4. The van der Waals surface area contributed by atoms with Gasteiger partial charge in [0.2, 0.25) is 0 Å². The van der Waals surface area contributed by atoms with Gasteiger partial charge >= 0.3 is 0 Å². The van der Waals surface area contributed by atoms with Gasteiger partial charge in [-0.15, -0.1) is 0 Å². The van der Waals surface area contributed by atoms with Crippen LogP contribution in [0.15, 0.2) is 35.3 Å². The molecule has 2 aromatic rings. The maximum Gasteiger partial charge on any atom is 0.160 e. The van der Waals surface area contributed by atoms with Gasteiger partial charge in [-0.1, -0.05) is 25.1 Å². The van der Waals surface area contributed by atoms with E-state index in [1.807, 2.05) is 24.4 Å². The SMILES string of the molecule is COc1cc2c(cc1O)CC[C@H]1[C@@H]3[C@@H](CCCC(=O)Cc4ccc5c(c4)CN=C5)CC(=O)[C@@]3(C)CC[C@H]21. The van der Waals surface area contributed by atoms with Crippen LogP contribution in [0.3, 0.4) is 0 Å². The number of ketones is 2. The Bertz CT molecular complexity index is 1280. The van der Waals surface area contributed by atoms with Gasteiger partial charge < -0.3 is 9.84 Å². The summed E-state index contributed by atoms with van der Waals surface area (Å²) in [6, 6.07) is 10.2. The molecule has 0 bridgehead atoms. The highest BCUT2D eigenvalue weighted by molar-refractivity contribution is 5.88. The zero-order chi connectivity index (χ0) is 25.7. The molecule has 1 heterocycles. The lowest BCUT2D eigenvalue weighted by atomic mass is 9.54. The Balaban J connectivity index is 1.13. The number of carbonyl (C=O) groups excluding carboxylic acids is 2. The summed E-state index contributed by atoms with van der Waals surface area (Å²) in [4.78, 5) is 30.4. The Morgan fingerprint density at radius 3 is 2.89 bits per heavy atom. The van der Waals surface area contributed by atoms with E-state index in [1.54, 1.807) is 7.11 Å². The Labute approximate surface area is 219 Å². The Morgan fingerprint density at radius 2 is 2.05 bits per heavy atom. The van der Waals surface area contributed by atoms with Crippen LogP contribution in [0.2, 0.25) is 0 Å². The third-order valence-corrected chi connectivity index (χ3v) is 10.00. The number of ether oxygens (including phenoxy) is 1. The van der Waals surface area contributed by atoms with Gasteiger partial charge in [0.15, 0.2) is 11.5 Å². The number of hydrogen-bond donors (Lipinski definition) is 1. The van der Waals surface area contributed by atoms with E-state index in [-0.39, 0.29) is 16.9 Å². The fraction of sp³-hybridized carbons (Fsp3) is 0.531. The topological polar surface area (TPSA) is 76.0 Å². The molecule has 0 radical (unpaired) electrons. The summed E-state index contributed by atoms with van der Waals surface area (Å²) in [6.07, 6.45) is 9.37. The van der Waals surface area contributed by atoms with Gasteiger partial charge in [0.25, 0.3) is 0 Å². The van der Waals surface area contributed by atoms with Crippen molar-refractivity contribution in [1.82, 2.24) is 0 Å². The second kappa shape index (κ2) is 9.41. The van der Waals surface area contributed by atoms with Gasteiger partial charge in [0.05, 0.1) is 13.7 Å². The number of hydrogen-bond acceptors (Lipinski definition) is 5. The van der Waals surface area contributed by atoms with Crippen LogP contribution < -0.4 is 4.74 Å². The highest BCUT2D eigenvalue weighted by Crippen LogP contribution is 2.62. The molecule has 2 aromatic carbocycles. The summed E-state index contributed by atoms with van der Waals surface area (Å²) in [7, 11) is 1.60. The fourth-order valence-electron chi connectivity index (χ4n) is 8.23. The molecule has 194 valence electrons. The number of carbonyl (C=O) groups is 2. The minimum Gasteiger partial charge on any atom is -0.504 e. The molecular weight excluding hydrogens is 462 g/mol. The lowest BCUT2D eigenvalue weighted by Crippen LogP contribution is -2.44. The summed E-state index contributed by atoms with van der Waals surface area (Å²) in [5.41, 5.74) is 5.75. The number of aryl methyl sites for hydroxylation is 1. The first-order chi connectivity index (χ1) is 17.9. The van der Waals surface area contributed by atoms with Crippen LogP contribution in [0.1, 0.15) is 85.6 Å². The second-order valence-corrected chi connectivity index (χ2v) is 12.0. The molecular formula is C32H37NO4. The lowest BCUT2D eigenvalue weighted by molar-refractivity contribution is -0.129. The summed E-state index contributed by atoms with van der Waals surface area (Å²) < 4.78 is 5.43. The zero-order valence-corrected chi connectivity index (χ0v) is 22.0. The molecule has 5 atom stereocenters. The number of methoxy groups -OCH3 is 1. The molecule has 1 N–H and O–H groups in total. The number of aliphatic imine (C=N–C) groups is 1. The summed E-state index contributed by atoms with van der Waals surface area (Å²) in [5, 5.41) is 10.3. The molecule has 0 aromatic heterocycles. The summed E-state index contributed by atoms with van der Waals surface area (Å²) >= 11 is 0. The molecule has 2 saturated carbocycles. The molecule has 5 heteroatoms. The van der Waals surface area contributed by atoms with Crippen molar-refractivity contribution in [3.05, 3.63) is 58.1 Å². The maximum absolute atomic E-state index is 13.3. The molecule has 3 aliphatic carbocycles. The summed E-state index contributed by atoms with van der Waals surface area (Å²) in [6.45, 7) is 2.93. The first kappa shape index (κ1) is 24.4. The maximum atomic E-state index is 13.3. The molecule has 0 unspecified atom stereocenters. The second-order valence-electron chi connectivity index (χ2n) is 12.0. The first-order valence-corrected chi connectivity index (χ1v) is 13.9. The average molecular weight is 500 g/mol. The molecule has 6 rings (SSSR count). The van der Waals surface area contributed by atoms with Crippen molar-refractivity contribution in [2.24, 2.45) is 28.2 Å². The van der Waals surface area contributed by atoms with Crippen LogP contribution in [-0.4, -0.2) is 30.0 Å². The Morgan fingerprint density at radius 1 is 1.19 bits per heavy atom. The third kappa shape index (κ3) is 4.20. The van der Waals surface area contributed by atoms with Crippen molar-refractivity contribution >= 4 is 17.8 Å². The van der Waals surface area contributed by atoms with Crippen molar-refractivity contribution in [3.8, 4) is 11.5 Å². The van der Waals surface area contributed by atoms with Gasteiger partial charge in [0, 0.05) is 30.9 Å². The zero-order valence-electron chi connectivity index (χ0n) is 22.0. The van der Waals surface area contributed by atoms with Crippen molar-refractivity contribution in [2.45, 2.75) is 77.2 Å². The van der Waals surface area contributed by atoms with E-state index in [1.165, 1.54) is 16.7 Å². The molecule has 0 saturated heterocycles. The fourth-order valence-corrected chi connectivity index (χ4v) is 8.23. The van der Waals surface area contributed by atoms with E-state index < -0.39 is 0 Å². The van der Waals surface area contributed by atoms with Crippen molar-refractivity contribution in [2.75, 3.05) is 7.11 Å². The van der Waals surface area contributed by atoms with Crippen molar-refractivity contribution < 1.29 is 19.4 Å². The molecule has 2 fully saturated rings. The number of rotatable bonds is 7. The molecule has 5 nitrogen and oxygen atoms in total. The van der Waals surface area contributed by atoms with E-state index in [0.717, 1.165) is 49.7 Å². The highest BCUT2D eigenvalue weighted by Gasteiger charge is 2.58. The minimum atomic E-state index is -0.235. The van der Waals surface area contributed by atoms with Gasteiger partial charge in [-0.25, -0.2) is 0 Å². The van der Waals surface area contributed by atoms with Crippen LogP contribution >= 0.6 is 0 Å². The summed E-state index contributed by atoms with van der Waals surface area (Å²) in [5.74, 6) is 3.09. The van der Waals surface area contributed by atoms with Crippen molar-refractivity contribution in [1.29, 1.82) is 0 Å². The van der Waals surface area contributed by atoms with Gasteiger partial charge in [-0.05, 0) is 102 Å². The smallest absolute Gasteiger partial charge is 0.160 e. The molecule has 1 aliphatic heterocycles. The monoisotopic (exact) mass is 499 g/mol. The highest BCUT2D eigenvalue weighted by atomic mass is 16.5. The largest absolute Gasteiger partial charge is 0.504 e. The van der Waals surface area contributed by atoms with E-state index in [2.05, 4.69) is 24.0 Å². The quantitative estimate of drug-likeness (QED) is 0.509. The predicted molar refractivity (Wildman–Crippen MR) is 143 cm³/mol. The van der Waals surface area contributed by atoms with E-state index in [4.69, 9.17) is 4.74 Å². The van der Waals surface area contributed by atoms with Gasteiger partial charge in [0.1, 0.15) is 11.6 Å². The van der Waals surface area contributed by atoms with Crippen LogP contribution in [0, 0.1) is 23.2 Å². The number of nitrogens with zero attached hydrogens (tertiary/aromatic N) is 1. The number of benzene rings is 2. The average Bonchev–Trinajstić information content (AvgIpc) is 3.45. The number of phenols is 1. The van der Waals surface area contributed by atoms with Gasteiger partial charge in [-0.2, -0.15) is 0 Å². The molecule has 4 aliphatic rings. The Kier molecular flexibility index (Phi) is 6.21. The third-order valence-electron chi connectivity index (χ3n) is 10.00. The minimum absolute atomic E-state index is 0.215. The van der Waals surface area contributed by atoms with Crippen LogP contribution in [-0.2, 0) is 29.0 Å². The predicted octanol–water partition coefficient (Wildman–Crippen LogP) is 5.97. The number of Topliss-reactive ketones (excluding diaryl/α,β-unsaturated/α-hetero) is 2. The molecule has 0 spiro atoms. The first-order valence-electron chi connectivity index (χ1n) is 13.9. The van der Waals surface area contributed by atoms with Gasteiger partial charge in [-0.3, -0.25) is 14.6 Å². The van der Waals surface area contributed by atoms with Crippen molar-refractivity contribution in [3.63, 3.8) is 0 Å². The number of fused-ring (bicyclic) bond motifs is 6. The van der Waals surface area contributed by atoms with E-state index in [9.17, 15) is 14.7 Å². The molecule has 0 amide bonds. The number of aromatic hydroxyl groups is 1. The van der Waals surface area contributed by atoms with Crippen LogP contribution in [0.4, 0.5) is 0 Å². The standard InChI is InChI=1S/C32H37NO4/c1-32-11-10-25-26(9-8-20-14-28(35)29(37-2)16-27(20)25)31(32)21(15-30(32)36)4-3-5-24(34)13-19-6-7-22-17-33-18-23(22)12-19/h6-7,12,14,16-17,21,25-26,31,35H,3-5,8-11,13,15,18H2,1-2H3/t21-,25-,26+,31-,32+/m0/s1. The van der Waals surface area contributed by atoms with Crippen LogP contribution in [0.5, 0.6) is 11.5 Å². The van der Waals surface area contributed by atoms with Crippen LogP contribution in [0.25, 0.3) is 0 Å². The van der Waals surface area contributed by atoms with E-state index >= 15 is 0 Å². The Hall–Kier alpha value is -2.95. The lowest BCUT2D eigenvalue weighted by Gasteiger charge is -2.50.